The van der Waals surface area contributed by atoms with E-state index in [1.54, 1.807) is 35.0 Å². The second-order valence-corrected chi connectivity index (χ2v) is 6.69. The van der Waals surface area contributed by atoms with Crippen molar-refractivity contribution in [2.75, 3.05) is 11.1 Å². The summed E-state index contributed by atoms with van der Waals surface area (Å²) in [5, 5.41) is 12.4. The van der Waals surface area contributed by atoms with Crippen molar-refractivity contribution in [3.05, 3.63) is 77.6 Å². The van der Waals surface area contributed by atoms with Crippen LogP contribution in [0.3, 0.4) is 0 Å². The molecule has 2 aromatic carbocycles. The molecule has 1 heterocycles. The lowest BCUT2D eigenvalue weighted by atomic mass is 10.2. The number of carbonyl (C=O) groups excluding carboxylic acids is 1. The molecule has 0 spiro atoms. The van der Waals surface area contributed by atoms with Gasteiger partial charge in [-0.05, 0) is 29.8 Å². The highest BCUT2D eigenvalue weighted by Gasteiger charge is 2.12. The fourth-order valence-corrected chi connectivity index (χ4v) is 3.22. The summed E-state index contributed by atoms with van der Waals surface area (Å²) in [5.41, 5.74) is 1.44. The lowest BCUT2D eigenvalue weighted by molar-refractivity contribution is -0.113. The Bertz CT molecular complexity index is 929. The molecule has 0 aliphatic carbocycles. The Morgan fingerprint density at radius 2 is 1.89 bits per heavy atom. The van der Waals surface area contributed by atoms with Gasteiger partial charge in [-0.25, -0.2) is 13.8 Å². The lowest BCUT2D eigenvalue weighted by Gasteiger charge is -2.08. The Balaban J connectivity index is 1.67. The van der Waals surface area contributed by atoms with E-state index in [0.29, 0.717) is 17.4 Å². The third kappa shape index (κ3) is 5.15. The van der Waals surface area contributed by atoms with Crippen molar-refractivity contribution in [1.29, 1.82) is 0 Å². The first-order chi connectivity index (χ1) is 13.0. The fraction of sp³-hybridized carbons (Fsp3) is 0.158. The summed E-state index contributed by atoms with van der Waals surface area (Å²) >= 11 is 1.17. The maximum atomic E-state index is 13.6. The van der Waals surface area contributed by atoms with Gasteiger partial charge in [0.25, 0.3) is 0 Å². The zero-order valence-electron chi connectivity index (χ0n) is 14.2. The van der Waals surface area contributed by atoms with Gasteiger partial charge in [-0.1, -0.05) is 36.0 Å². The van der Waals surface area contributed by atoms with E-state index in [-0.39, 0.29) is 29.8 Å². The molecule has 0 radical (unpaired) electrons. The van der Waals surface area contributed by atoms with Crippen LogP contribution in [0.5, 0.6) is 0 Å². The SMILES string of the molecule is O=C(CSc1nc(CO)cn1Cc1ccc(F)cc1)Nc1ccccc1F. The highest BCUT2D eigenvalue weighted by Crippen LogP contribution is 2.21. The molecule has 0 fully saturated rings. The number of amides is 1. The number of aromatic nitrogens is 2. The Labute approximate surface area is 159 Å². The minimum absolute atomic E-state index is 0.0274. The molecule has 0 bridgehead atoms. The predicted molar refractivity (Wildman–Crippen MR) is 99.4 cm³/mol. The number of rotatable bonds is 7. The number of nitrogens with one attached hydrogen (secondary N) is 1. The van der Waals surface area contributed by atoms with Gasteiger partial charge in [0.05, 0.1) is 23.7 Å². The molecule has 0 aliphatic rings. The topological polar surface area (TPSA) is 67.1 Å². The summed E-state index contributed by atoms with van der Waals surface area (Å²) in [5.74, 6) is -1.16. The van der Waals surface area contributed by atoms with Crippen LogP contribution in [0.15, 0.2) is 59.9 Å². The highest BCUT2D eigenvalue weighted by atomic mass is 32.2. The van der Waals surface area contributed by atoms with Crippen LogP contribution >= 0.6 is 11.8 Å². The van der Waals surface area contributed by atoms with E-state index in [4.69, 9.17) is 0 Å². The smallest absolute Gasteiger partial charge is 0.234 e. The first-order valence-corrected chi connectivity index (χ1v) is 9.12. The summed E-state index contributed by atoms with van der Waals surface area (Å²) in [4.78, 5) is 16.4. The van der Waals surface area contributed by atoms with Gasteiger partial charge in [-0.2, -0.15) is 0 Å². The van der Waals surface area contributed by atoms with Crippen molar-refractivity contribution in [2.45, 2.75) is 18.3 Å². The maximum Gasteiger partial charge on any atom is 0.234 e. The van der Waals surface area contributed by atoms with Crippen LogP contribution in [0.1, 0.15) is 11.3 Å². The van der Waals surface area contributed by atoms with Crippen molar-refractivity contribution in [1.82, 2.24) is 9.55 Å². The molecule has 0 aliphatic heterocycles. The molecule has 140 valence electrons. The van der Waals surface area contributed by atoms with E-state index in [0.717, 1.165) is 5.56 Å². The summed E-state index contributed by atoms with van der Waals surface area (Å²) in [7, 11) is 0. The number of halogens is 2. The molecule has 8 heteroatoms. The number of anilines is 1. The van der Waals surface area contributed by atoms with Gasteiger partial charge in [0.15, 0.2) is 5.16 Å². The third-order valence-electron chi connectivity index (χ3n) is 3.70. The van der Waals surface area contributed by atoms with Crippen LogP contribution in [-0.2, 0) is 17.9 Å². The van der Waals surface area contributed by atoms with Crippen LogP contribution in [0.4, 0.5) is 14.5 Å². The highest BCUT2D eigenvalue weighted by molar-refractivity contribution is 7.99. The van der Waals surface area contributed by atoms with Crippen molar-refractivity contribution in [3.63, 3.8) is 0 Å². The molecule has 5 nitrogen and oxygen atoms in total. The number of carbonyl (C=O) groups is 1. The molecule has 3 rings (SSSR count). The summed E-state index contributed by atoms with van der Waals surface area (Å²) < 4.78 is 28.4. The van der Waals surface area contributed by atoms with E-state index in [2.05, 4.69) is 10.3 Å². The minimum atomic E-state index is -0.503. The number of para-hydroxylation sites is 1. The van der Waals surface area contributed by atoms with Crippen molar-refractivity contribution in [3.8, 4) is 0 Å². The standard InChI is InChI=1S/C19H17F2N3O2S/c20-14-7-5-13(6-8-14)9-24-10-15(11-25)22-19(24)27-12-18(26)23-17-4-2-1-3-16(17)21/h1-8,10,25H,9,11-12H2,(H,23,26). The molecule has 3 aromatic rings. The van der Waals surface area contributed by atoms with Gasteiger partial charge in [0.1, 0.15) is 11.6 Å². The third-order valence-corrected chi connectivity index (χ3v) is 4.69. The molecule has 0 atom stereocenters. The Morgan fingerprint density at radius 1 is 1.15 bits per heavy atom. The summed E-state index contributed by atoms with van der Waals surface area (Å²) in [6, 6.07) is 12.0. The zero-order valence-corrected chi connectivity index (χ0v) is 15.0. The van der Waals surface area contributed by atoms with Crippen molar-refractivity contribution in [2.24, 2.45) is 0 Å². The van der Waals surface area contributed by atoms with E-state index in [1.807, 2.05) is 0 Å². The van der Waals surface area contributed by atoms with E-state index in [1.165, 1.54) is 36.0 Å². The number of nitrogens with zero attached hydrogens (tertiary/aromatic N) is 2. The predicted octanol–water partition coefficient (Wildman–Crippen LogP) is 3.43. The second-order valence-electron chi connectivity index (χ2n) is 5.74. The molecule has 27 heavy (non-hydrogen) atoms. The Morgan fingerprint density at radius 3 is 2.59 bits per heavy atom. The van der Waals surface area contributed by atoms with E-state index >= 15 is 0 Å². The van der Waals surface area contributed by atoms with Gasteiger partial charge in [0.2, 0.25) is 5.91 Å². The van der Waals surface area contributed by atoms with Crippen LogP contribution < -0.4 is 5.32 Å². The quantitative estimate of drug-likeness (QED) is 0.608. The monoisotopic (exact) mass is 389 g/mol. The van der Waals surface area contributed by atoms with Gasteiger partial charge < -0.3 is 15.0 Å². The number of benzene rings is 2. The number of aliphatic hydroxyl groups excluding tert-OH is 1. The average Bonchev–Trinajstić information content (AvgIpc) is 3.06. The van der Waals surface area contributed by atoms with Crippen LogP contribution in [0.2, 0.25) is 0 Å². The van der Waals surface area contributed by atoms with E-state index in [9.17, 15) is 18.7 Å². The van der Waals surface area contributed by atoms with Crippen LogP contribution in [0, 0.1) is 11.6 Å². The molecule has 0 saturated carbocycles. The van der Waals surface area contributed by atoms with Gasteiger partial charge in [0, 0.05) is 12.7 Å². The van der Waals surface area contributed by atoms with Crippen LogP contribution in [0.25, 0.3) is 0 Å². The average molecular weight is 389 g/mol. The van der Waals surface area contributed by atoms with Gasteiger partial charge >= 0.3 is 0 Å². The normalized spacial score (nSPS) is 10.8. The van der Waals surface area contributed by atoms with Crippen LogP contribution in [-0.4, -0.2) is 26.3 Å². The zero-order chi connectivity index (χ0) is 19.2. The molecular formula is C19H17F2N3O2S. The minimum Gasteiger partial charge on any atom is -0.390 e. The van der Waals surface area contributed by atoms with Crippen molar-refractivity contribution < 1.29 is 18.7 Å². The Kier molecular flexibility index (Phi) is 6.20. The first-order valence-electron chi connectivity index (χ1n) is 8.13. The number of imidazole rings is 1. The largest absolute Gasteiger partial charge is 0.390 e. The van der Waals surface area contributed by atoms with E-state index < -0.39 is 5.82 Å². The summed E-state index contributed by atoms with van der Waals surface area (Å²) in [6.45, 7) is 0.190. The number of hydrogen-bond acceptors (Lipinski definition) is 4. The number of thioether (sulfide) groups is 1. The lowest BCUT2D eigenvalue weighted by Crippen LogP contribution is -2.15. The second kappa shape index (κ2) is 8.79. The van der Waals surface area contributed by atoms with Gasteiger partial charge in [-0.15, -0.1) is 0 Å². The first kappa shape index (κ1) is 19.1. The number of aliphatic hydroxyl groups is 1. The molecular weight excluding hydrogens is 372 g/mol. The molecule has 1 amide bonds. The molecule has 0 saturated heterocycles. The number of hydrogen-bond donors (Lipinski definition) is 2. The van der Waals surface area contributed by atoms with Gasteiger partial charge in [-0.3, -0.25) is 4.79 Å². The Hall–Kier alpha value is -2.71. The summed E-state index contributed by atoms with van der Waals surface area (Å²) in [6.07, 6.45) is 1.68. The molecule has 1 aromatic heterocycles. The maximum absolute atomic E-state index is 13.6. The fourth-order valence-electron chi connectivity index (χ4n) is 2.42. The van der Waals surface area contributed by atoms with Crippen molar-refractivity contribution >= 4 is 23.4 Å². The molecule has 0 unspecified atom stereocenters. The molecule has 2 N–H and O–H groups in total.